The predicted molar refractivity (Wildman–Crippen MR) is 105 cm³/mol. The van der Waals surface area contributed by atoms with E-state index in [9.17, 15) is 14.7 Å². The number of phenols is 1. The van der Waals surface area contributed by atoms with Crippen LogP contribution in [0.25, 0.3) is 0 Å². The number of urea groups is 1. The van der Waals surface area contributed by atoms with E-state index in [-0.39, 0.29) is 18.2 Å². The van der Waals surface area contributed by atoms with E-state index >= 15 is 0 Å². The molecule has 0 bridgehead atoms. The molecule has 0 aliphatic carbocycles. The smallest absolute Gasteiger partial charge is 0.321 e. The minimum absolute atomic E-state index is 0.195. The summed E-state index contributed by atoms with van der Waals surface area (Å²) in [7, 11) is 0. The van der Waals surface area contributed by atoms with Crippen molar-refractivity contribution >= 4 is 11.9 Å². The molecule has 26 heavy (non-hydrogen) atoms. The first kappa shape index (κ1) is 22.0. The number of carbonyl (C=O) groups is 2. The summed E-state index contributed by atoms with van der Waals surface area (Å²) in [6, 6.07) is 6.05. The number of nitrogens with zero attached hydrogens (tertiary/aromatic N) is 1. The van der Waals surface area contributed by atoms with E-state index in [1.807, 2.05) is 0 Å². The van der Waals surface area contributed by atoms with Gasteiger partial charge < -0.3 is 10.8 Å². The molecule has 1 aromatic rings. The second-order valence-electron chi connectivity index (χ2n) is 6.88. The van der Waals surface area contributed by atoms with Crippen LogP contribution in [-0.2, 0) is 11.2 Å². The second-order valence-corrected chi connectivity index (χ2v) is 6.88. The third kappa shape index (κ3) is 9.44. The number of hydrogen-bond acceptors (Lipinski definition) is 3. The molecule has 146 valence electrons. The van der Waals surface area contributed by atoms with Crippen LogP contribution < -0.4 is 5.73 Å². The molecule has 0 saturated heterocycles. The van der Waals surface area contributed by atoms with Gasteiger partial charge in [-0.1, -0.05) is 70.4 Å². The van der Waals surface area contributed by atoms with E-state index in [1.54, 1.807) is 24.3 Å². The minimum Gasteiger partial charge on any atom is -0.508 e. The van der Waals surface area contributed by atoms with Gasteiger partial charge in [-0.15, -0.1) is 0 Å². The average Bonchev–Trinajstić information content (AvgIpc) is 2.61. The van der Waals surface area contributed by atoms with E-state index < -0.39 is 6.03 Å². The highest BCUT2D eigenvalue weighted by molar-refractivity contribution is 5.93. The maximum Gasteiger partial charge on any atom is 0.321 e. The molecule has 5 heteroatoms. The van der Waals surface area contributed by atoms with E-state index in [4.69, 9.17) is 5.73 Å². The van der Waals surface area contributed by atoms with Gasteiger partial charge in [-0.3, -0.25) is 9.69 Å². The Morgan fingerprint density at radius 1 is 0.923 bits per heavy atom. The predicted octanol–water partition coefficient (Wildman–Crippen LogP) is 4.76. The molecule has 0 radical (unpaired) electrons. The highest BCUT2D eigenvalue weighted by Gasteiger charge is 2.18. The first-order valence-electron chi connectivity index (χ1n) is 9.92. The summed E-state index contributed by atoms with van der Waals surface area (Å²) in [6.07, 6.45) is 11.6. The number of benzene rings is 1. The van der Waals surface area contributed by atoms with Crippen molar-refractivity contribution in [2.45, 2.75) is 77.6 Å². The van der Waals surface area contributed by atoms with Crippen LogP contribution in [0.15, 0.2) is 24.3 Å². The molecule has 0 aromatic heterocycles. The fourth-order valence-electron chi connectivity index (χ4n) is 2.98. The highest BCUT2D eigenvalue weighted by atomic mass is 16.3. The standard InChI is InChI=1S/C21H34N2O3/c1-2-3-4-5-6-7-8-9-10-11-20(25)23(21(22)26)17-16-18-12-14-19(24)15-13-18/h12-15,24H,2-11,16-17H2,1H3,(H2,22,26). The fourth-order valence-corrected chi connectivity index (χ4v) is 2.98. The Kier molecular flexibility index (Phi) is 11.2. The molecule has 3 amide bonds. The number of carbonyl (C=O) groups excluding carboxylic acids is 2. The molecular weight excluding hydrogens is 328 g/mol. The number of unbranched alkanes of at least 4 members (excludes halogenated alkanes) is 8. The normalized spacial score (nSPS) is 10.7. The lowest BCUT2D eigenvalue weighted by Crippen LogP contribution is -2.41. The molecule has 0 unspecified atom stereocenters. The number of hydrogen-bond donors (Lipinski definition) is 2. The average molecular weight is 363 g/mol. The Morgan fingerprint density at radius 2 is 1.46 bits per heavy atom. The molecule has 0 saturated carbocycles. The molecule has 0 spiro atoms. The van der Waals surface area contributed by atoms with Crippen molar-refractivity contribution < 1.29 is 14.7 Å². The van der Waals surface area contributed by atoms with Crippen LogP contribution in [0.5, 0.6) is 5.75 Å². The molecule has 0 heterocycles. The van der Waals surface area contributed by atoms with E-state index in [0.717, 1.165) is 29.7 Å². The lowest BCUT2D eigenvalue weighted by atomic mass is 10.1. The summed E-state index contributed by atoms with van der Waals surface area (Å²) in [5.74, 6) is 0.00108. The van der Waals surface area contributed by atoms with Gasteiger partial charge in [0.05, 0.1) is 0 Å². The van der Waals surface area contributed by atoms with Gasteiger partial charge in [0.1, 0.15) is 5.75 Å². The van der Waals surface area contributed by atoms with Gasteiger partial charge in [0.2, 0.25) is 5.91 Å². The lowest BCUT2D eigenvalue weighted by molar-refractivity contribution is -0.128. The summed E-state index contributed by atoms with van der Waals surface area (Å²) in [5.41, 5.74) is 6.31. The number of rotatable bonds is 13. The topological polar surface area (TPSA) is 83.6 Å². The van der Waals surface area contributed by atoms with E-state index in [2.05, 4.69) is 6.92 Å². The van der Waals surface area contributed by atoms with Gasteiger partial charge in [0, 0.05) is 13.0 Å². The van der Waals surface area contributed by atoms with Crippen LogP contribution >= 0.6 is 0 Å². The maximum atomic E-state index is 12.3. The summed E-state index contributed by atoms with van der Waals surface area (Å²) >= 11 is 0. The number of nitrogens with two attached hydrogens (primary N) is 1. The van der Waals surface area contributed by atoms with Crippen molar-refractivity contribution in [1.82, 2.24) is 4.90 Å². The maximum absolute atomic E-state index is 12.3. The summed E-state index contributed by atoms with van der Waals surface area (Å²) < 4.78 is 0. The molecule has 0 aliphatic rings. The number of imide groups is 1. The van der Waals surface area contributed by atoms with Gasteiger partial charge in [0.25, 0.3) is 0 Å². The van der Waals surface area contributed by atoms with E-state index in [0.29, 0.717) is 12.8 Å². The quantitative estimate of drug-likeness (QED) is 0.496. The molecule has 3 N–H and O–H groups in total. The Morgan fingerprint density at radius 3 is 2.00 bits per heavy atom. The van der Waals surface area contributed by atoms with Crippen molar-refractivity contribution in [3.05, 3.63) is 29.8 Å². The zero-order valence-electron chi connectivity index (χ0n) is 16.1. The molecule has 5 nitrogen and oxygen atoms in total. The first-order valence-corrected chi connectivity index (χ1v) is 9.92. The van der Waals surface area contributed by atoms with Gasteiger partial charge >= 0.3 is 6.03 Å². The van der Waals surface area contributed by atoms with Crippen molar-refractivity contribution in [3.63, 3.8) is 0 Å². The molecule has 0 atom stereocenters. The zero-order valence-corrected chi connectivity index (χ0v) is 16.1. The second kappa shape index (κ2) is 13.2. The highest BCUT2D eigenvalue weighted by Crippen LogP contribution is 2.13. The Balaban J connectivity index is 2.22. The molecule has 1 rings (SSSR count). The Labute approximate surface area is 157 Å². The van der Waals surface area contributed by atoms with Crippen LogP contribution in [-0.4, -0.2) is 28.5 Å². The van der Waals surface area contributed by atoms with Crippen molar-refractivity contribution in [2.24, 2.45) is 5.73 Å². The van der Waals surface area contributed by atoms with Crippen LogP contribution in [0.1, 0.15) is 76.7 Å². The largest absolute Gasteiger partial charge is 0.508 e. The monoisotopic (exact) mass is 362 g/mol. The first-order chi connectivity index (χ1) is 12.5. The van der Waals surface area contributed by atoms with Crippen LogP contribution in [0, 0.1) is 0 Å². The molecule has 1 aromatic carbocycles. The summed E-state index contributed by atoms with van der Waals surface area (Å²) in [5, 5.41) is 9.28. The molecular formula is C21H34N2O3. The van der Waals surface area contributed by atoms with Gasteiger partial charge in [-0.25, -0.2) is 4.79 Å². The number of phenolic OH excluding ortho intramolecular Hbond substituents is 1. The number of aromatic hydroxyl groups is 1. The van der Waals surface area contributed by atoms with Crippen molar-refractivity contribution in [3.8, 4) is 5.75 Å². The van der Waals surface area contributed by atoms with Crippen LogP contribution in [0.4, 0.5) is 4.79 Å². The Hall–Kier alpha value is -2.04. The molecule has 0 aliphatic heterocycles. The van der Waals surface area contributed by atoms with E-state index in [1.165, 1.54) is 38.5 Å². The number of amides is 3. The lowest BCUT2D eigenvalue weighted by Gasteiger charge is -2.18. The third-order valence-corrected chi connectivity index (χ3v) is 4.62. The minimum atomic E-state index is -0.690. The van der Waals surface area contributed by atoms with Gasteiger partial charge in [-0.2, -0.15) is 0 Å². The van der Waals surface area contributed by atoms with Crippen molar-refractivity contribution in [2.75, 3.05) is 6.54 Å². The van der Waals surface area contributed by atoms with Crippen molar-refractivity contribution in [1.29, 1.82) is 0 Å². The molecule has 0 fully saturated rings. The Bertz CT molecular complexity index is 529. The fraction of sp³-hybridized carbons (Fsp3) is 0.619. The van der Waals surface area contributed by atoms with Crippen LogP contribution in [0.3, 0.4) is 0 Å². The van der Waals surface area contributed by atoms with Gasteiger partial charge in [0.15, 0.2) is 0 Å². The summed E-state index contributed by atoms with van der Waals surface area (Å²) in [6.45, 7) is 2.49. The van der Waals surface area contributed by atoms with Gasteiger partial charge in [-0.05, 0) is 30.5 Å². The zero-order chi connectivity index (χ0) is 19.2. The third-order valence-electron chi connectivity index (χ3n) is 4.62. The SMILES string of the molecule is CCCCCCCCCCCC(=O)N(CCc1ccc(O)cc1)C(N)=O. The number of primary amides is 1. The van der Waals surface area contributed by atoms with Crippen LogP contribution in [0.2, 0.25) is 0 Å². The summed E-state index contributed by atoms with van der Waals surface area (Å²) in [4.78, 5) is 25.0.